The van der Waals surface area contributed by atoms with Gasteiger partial charge in [-0.15, -0.1) is 0 Å². The lowest BCUT2D eigenvalue weighted by Crippen LogP contribution is -2.51. The van der Waals surface area contributed by atoms with E-state index in [1.165, 1.54) is 19.9 Å². The zero-order valence-corrected chi connectivity index (χ0v) is 9.00. The molecule has 0 aromatic rings. The molecule has 0 heterocycles. The van der Waals surface area contributed by atoms with Crippen molar-refractivity contribution in [2.75, 3.05) is 12.8 Å². The number of aliphatic carboxylic acids is 1. The topological polar surface area (TPSA) is 98.5 Å². The Balaban J connectivity index is 5.08. The van der Waals surface area contributed by atoms with E-state index in [1.807, 2.05) is 0 Å². The average Bonchev–Trinajstić information content (AvgIpc) is 2.02. The summed E-state index contributed by atoms with van der Waals surface area (Å²) in [5.74, 6) is -1.98. The maximum atomic E-state index is 11.3. The van der Waals surface area contributed by atoms with Crippen LogP contribution in [0.5, 0.6) is 0 Å². The lowest BCUT2D eigenvalue weighted by atomic mass is 10.1. The maximum Gasteiger partial charge on any atom is 0.324 e. The van der Waals surface area contributed by atoms with Crippen molar-refractivity contribution in [1.82, 2.24) is 4.31 Å². The number of nitrogens with zero attached hydrogens (tertiary/aromatic N) is 2. The third-order valence-electron chi connectivity index (χ3n) is 1.97. The van der Waals surface area contributed by atoms with Gasteiger partial charge in [-0.3, -0.25) is 4.79 Å². The summed E-state index contributed by atoms with van der Waals surface area (Å²) >= 11 is 0. The second kappa shape index (κ2) is 3.94. The van der Waals surface area contributed by atoms with Gasteiger partial charge in [-0.2, -0.15) is 9.57 Å². The standard InChI is InChI=1S/C7H12N2O4S/c1-7(2,6(10)11)9(3)14(12,13)5-4-8/h5H2,1-3H3,(H,10,11). The van der Waals surface area contributed by atoms with Gasteiger partial charge in [0.25, 0.3) is 0 Å². The number of carboxylic acid groups (broad SMARTS) is 1. The van der Waals surface area contributed by atoms with Crippen molar-refractivity contribution in [1.29, 1.82) is 5.26 Å². The summed E-state index contributed by atoms with van der Waals surface area (Å²) in [7, 11) is -2.68. The predicted octanol–water partition coefficient (Wildman–Crippen LogP) is -0.365. The third kappa shape index (κ3) is 2.43. The molecule has 0 rings (SSSR count). The Bertz CT molecular complexity index is 366. The fourth-order valence-corrected chi connectivity index (χ4v) is 1.79. The van der Waals surface area contributed by atoms with Crippen molar-refractivity contribution in [3.8, 4) is 6.07 Å². The van der Waals surface area contributed by atoms with Crippen LogP contribution in [0.15, 0.2) is 0 Å². The molecule has 0 saturated carbocycles. The van der Waals surface area contributed by atoms with Crippen LogP contribution in [0.3, 0.4) is 0 Å². The van der Waals surface area contributed by atoms with Crippen LogP contribution in [0, 0.1) is 11.3 Å². The van der Waals surface area contributed by atoms with Gasteiger partial charge in [0.05, 0.1) is 6.07 Å². The van der Waals surface area contributed by atoms with Crippen LogP contribution in [0.4, 0.5) is 0 Å². The van der Waals surface area contributed by atoms with Crippen molar-refractivity contribution >= 4 is 16.0 Å². The third-order valence-corrected chi connectivity index (χ3v) is 3.76. The predicted molar refractivity (Wildman–Crippen MR) is 48.9 cm³/mol. The number of hydrogen-bond donors (Lipinski definition) is 1. The number of sulfonamides is 1. The molecule has 1 N–H and O–H groups in total. The van der Waals surface area contributed by atoms with E-state index in [1.54, 1.807) is 0 Å². The molecule has 0 spiro atoms. The van der Waals surface area contributed by atoms with Gasteiger partial charge in [0.2, 0.25) is 10.0 Å². The van der Waals surface area contributed by atoms with E-state index in [0.717, 1.165) is 7.05 Å². The Morgan fingerprint density at radius 2 is 2.00 bits per heavy atom. The molecule has 0 aromatic carbocycles. The van der Waals surface area contributed by atoms with E-state index >= 15 is 0 Å². The second-order valence-electron chi connectivity index (χ2n) is 3.25. The number of carbonyl (C=O) groups is 1. The summed E-state index contributed by atoms with van der Waals surface area (Å²) in [6, 6.07) is 1.48. The molecule has 0 saturated heterocycles. The highest BCUT2D eigenvalue weighted by Crippen LogP contribution is 2.16. The van der Waals surface area contributed by atoms with Crippen LogP contribution >= 0.6 is 0 Å². The molecule has 0 aliphatic heterocycles. The minimum atomic E-state index is -3.82. The maximum absolute atomic E-state index is 11.3. The van der Waals surface area contributed by atoms with Crippen molar-refractivity contribution in [3.05, 3.63) is 0 Å². The number of carboxylic acids is 1. The molecule has 0 bridgehead atoms. The first-order valence-electron chi connectivity index (χ1n) is 3.73. The molecule has 6 nitrogen and oxygen atoms in total. The molecule has 0 radical (unpaired) electrons. The van der Waals surface area contributed by atoms with E-state index in [9.17, 15) is 13.2 Å². The van der Waals surface area contributed by atoms with Crippen LogP contribution in [0.1, 0.15) is 13.8 Å². The molecule has 0 aliphatic rings. The Labute approximate surface area is 82.8 Å². The summed E-state index contributed by atoms with van der Waals surface area (Å²) in [5, 5.41) is 17.0. The lowest BCUT2D eigenvalue weighted by molar-refractivity contribution is -0.145. The van der Waals surface area contributed by atoms with Gasteiger partial charge in [0.1, 0.15) is 5.54 Å². The molecule has 80 valence electrons. The second-order valence-corrected chi connectivity index (χ2v) is 5.25. The largest absolute Gasteiger partial charge is 0.480 e. The number of rotatable bonds is 4. The molecule has 7 heteroatoms. The van der Waals surface area contributed by atoms with Crippen molar-refractivity contribution in [3.63, 3.8) is 0 Å². The highest BCUT2D eigenvalue weighted by molar-refractivity contribution is 7.89. The average molecular weight is 220 g/mol. The number of hydrogen-bond acceptors (Lipinski definition) is 4. The van der Waals surface area contributed by atoms with E-state index in [-0.39, 0.29) is 0 Å². The minimum absolute atomic E-state index is 0.686. The highest BCUT2D eigenvalue weighted by Gasteiger charge is 2.38. The lowest BCUT2D eigenvalue weighted by Gasteiger charge is -2.29. The van der Waals surface area contributed by atoms with Crippen LogP contribution in [-0.4, -0.2) is 42.1 Å². The van der Waals surface area contributed by atoms with E-state index in [2.05, 4.69) is 0 Å². The zero-order chi connectivity index (χ0) is 11.6. The summed E-state index contributed by atoms with van der Waals surface area (Å²) in [6.07, 6.45) is 0. The number of nitriles is 1. The first kappa shape index (κ1) is 12.9. The van der Waals surface area contributed by atoms with Gasteiger partial charge in [0, 0.05) is 7.05 Å². The smallest absolute Gasteiger partial charge is 0.324 e. The molecule has 0 aliphatic carbocycles. The van der Waals surface area contributed by atoms with Gasteiger partial charge in [-0.05, 0) is 13.8 Å². The molecular formula is C7H12N2O4S. The van der Waals surface area contributed by atoms with Gasteiger partial charge in [-0.1, -0.05) is 0 Å². The van der Waals surface area contributed by atoms with Crippen LogP contribution < -0.4 is 0 Å². The Morgan fingerprint density at radius 3 is 2.29 bits per heavy atom. The zero-order valence-electron chi connectivity index (χ0n) is 8.18. The number of likely N-dealkylation sites (N-methyl/N-ethyl adjacent to an activating group) is 1. The summed E-state index contributed by atoms with van der Waals surface area (Å²) in [4.78, 5) is 10.7. The monoisotopic (exact) mass is 220 g/mol. The van der Waals surface area contributed by atoms with Crippen LogP contribution in [0.2, 0.25) is 0 Å². The molecule has 0 atom stereocenters. The minimum Gasteiger partial charge on any atom is -0.480 e. The SMILES string of the molecule is CN(C(C)(C)C(=O)O)S(=O)(=O)CC#N. The van der Waals surface area contributed by atoms with Crippen LogP contribution in [0.25, 0.3) is 0 Å². The summed E-state index contributed by atoms with van der Waals surface area (Å²) in [5.41, 5.74) is -1.55. The Hall–Kier alpha value is -1.13. The summed E-state index contributed by atoms with van der Waals surface area (Å²) < 4.78 is 23.3. The van der Waals surface area contributed by atoms with Crippen molar-refractivity contribution < 1.29 is 18.3 Å². The Morgan fingerprint density at radius 1 is 1.57 bits per heavy atom. The highest BCUT2D eigenvalue weighted by atomic mass is 32.2. The Kier molecular flexibility index (Phi) is 3.62. The van der Waals surface area contributed by atoms with Crippen LogP contribution in [-0.2, 0) is 14.8 Å². The normalized spacial score (nSPS) is 12.5. The molecular weight excluding hydrogens is 208 g/mol. The molecule has 0 amide bonds. The molecule has 14 heavy (non-hydrogen) atoms. The van der Waals surface area contributed by atoms with Gasteiger partial charge in [0.15, 0.2) is 5.75 Å². The van der Waals surface area contributed by atoms with E-state index in [0.29, 0.717) is 4.31 Å². The first-order chi connectivity index (χ1) is 6.16. The fraction of sp³-hybridized carbons (Fsp3) is 0.714. The van der Waals surface area contributed by atoms with Crippen molar-refractivity contribution in [2.24, 2.45) is 0 Å². The molecule has 0 aromatic heterocycles. The molecule has 0 unspecified atom stereocenters. The van der Waals surface area contributed by atoms with Gasteiger partial charge >= 0.3 is 5.97 Å². The molecule has 0 fully saturated rings. The first-order valence-corrected chi connectivity index (χ1v) is 5.34. The van der Waals surface area contributed by atoms with Gasteiger partial charge < -0.3 is 5.11 Å². The van der Waals surface area contributed by atoms with Gasteiger partial charge in [-0.25, -0.2) is 8.42 Å². The quantitative estimate of drug-likeness (QED) is 0.697. The summed E-state index contributed by atoms with van der Waals surface area (Å²) in [6.45, 7) is 2.51. The van der Waals surface area contributed by atoms with E-state index in [4.69, 9.17) is 10.4 Å². The van der Waals surface area contributed by atoms with Crippen molar-refractivity contribution in [2.45, 2.75) is 19.4 Å². The fourth-order valence-electron chi connectivity index (χ4n) is 0.661. The van der Waals surface area contributed by atoms with E-state index < -0.39 is 27.3 Å².